The maximum atomic E-state index is 5.94. The first-order valence-electron chi connectivity index (χ1n) is 9.64. The SMILES string of the molecule is C=C(c1ccc(-c2cnc(C)c(-c3nnc(-c4ccccc4C)o3)n2)cc1)N(C)C. The number of hydrogen-bond acceptors (Lipinski definition) is 6. The van der Waals surface area contributed by atoms with Gasteiger partial charge in [-0.2, -0.15) is 0 Å². The summed E-state index contributed by atoms with van der Waals surface area (Å²) in [6.45, 7) is 7.99. The van der Waals surface area contributed by atoms with Crippen LogP contribution in [0.1, 0.15) is 16.8 Å². The van der Waals surface area contributed by atoms with Crippen molar-refractivity contribution >= 4 is 5.70 Å². The summed E-state index contributed by atoms with van der Waals surface area (Å²) in [6.07, 6.45) is 1.76. The van der Waals surface area contributed by atoms with E-state index in [0.717, 1.165) is 39.3 Å². The summed E-state index contributed by atoms with van der Waals surface area (Å²) in [5.41, 5.74) is 7.01. The highest BCUT2D eigenvalue weighted by Crippen LogP contribution is 2.28. The van der Waals surface area contributed by atoms with Crippen LogP contribution < -0.4 is 0 Å². The van der Waals surface area contributed by atoms with Crippen LogP contribution in [-0.2, 0) is 0 Å². The van der Waals surface area contributed by atoms with Gasteiger partial charge in [-0.25, -0.2) is 4.98 Å². The summed E-state index contributed by atoms with van der Waals surface area (Å²) in [7, 11) is 3.95. The molecule has 2 aromatic heterocycles. The Balaban J connectivity index is 1.68. The predicted octanol–water partition coefficient (Wildman–Crippen LogP) is 5.01. The standard InChI is InChI=1S/C24H23N5O/c1-15-8-6-7-9-20(15)23-27-28-24(30-23)22-16(2)25-14-21(26-22)19-12-10-18(11-13-19)17(3)29(4)5/h6-14H,3H2,1-2,4-5H3. The van der Waals surface area contributed by atoms with Gasteiger partial charge in [-0.15, -0.1) is 10.2 Å². The fraction of sp³-hybridized carbons (Fsp3) is 0.167. The molecule has 4 rings (SSSR count). The molecule has 0 fully saturated rings. The first-order chi connectivity index (χ1) is 14.4. The molecule has 4 aromatic rings. The minimum atomic E-state index is 0.359. The zero-order valence-corrected chi connectivity index (χ0v) is 17.5. The fourth-order valence-electron chi connectivity index (χ4n) is 3.12. The summed E-state index contributed by atoms with van der Waals surface area (Å²) >= 11 is 0. The highest BCUT2D eigenvalue weighted by Gasteiger charge is 2.17. The van der Waals surface area contributed by atoms with Crippen LogP contribution >= 0.6 is 0 Å². The third-order valence-corrected chi connectivity index (χ3v) is 5.01. The molecule has 0 saturated heterocycles. The predicted molar refractivity (Wildman–Crippen MR) is 118 cm³/mol. The number of aryl methyl sites for hydroxylation is 2. The van der Waals surface area contributed by atoms with Gasteiger partial charge in [0, 0.05) is 30.9 Å². The Morgan fingerprint density at radius 2 is 1.63 bits per heavy atom. The van der Waals surface area contributed by atoms with Gasteiger partial charge in [-0.3, -0.25) is 4.98 Å². The summed E-state index contributed by atoms with van der Waals surface area (Å²) < 4.78 is 5.94. The van der Waals surface area contributed by atoms with E-state index in [1.807, 2.05) is 81.4 Å². The van der Waals surface area contributed by atoms with Crippen molar-refractivity contribution in [2.75, 3.05) is 14.1 Å². The Morgan fingerprint density at radius 1 is 0.933 bits per heavy atom. The van der Waals surface area contributed by atoms with Gasteiger partial charge in [0.05, 0.1) is 17.6 Å². The second kappa shape index (κ2) is 7.91. The molecule has 2 aromatic carbocycles. The molecule has 0 saturated carbocycles. The Bertz CT molecular complexity index is 1210. The first kappa shape index (κ1) is 19.5. The smallest absolute Gasteiger partial charge is 0.268 e. The Morgan fingerprint density at radius 3 is 2.33 bits per heavy atom. The van der Waals surface area contributed by atoms with Gasteiger partial charge in [0.2, 0.25) is 5.89 Å². The van der Waals surface area contributed by atoms with Crippen molar-refractivity contribution in [3.8, 4) is 34.3 Å². The third-order valence-electron chi connectivity index (χ3n) is 5.01. The molecular formula is C24H23N5O. The fourth-order valence-corrected chi connectivity index (χ4v) is 3.12. The molecule has 0 spiro atoms. The molecule has 0 N–H and O–H groups in total. The molecule has 0 amide bonds. The Labute approximate surface area is 176 Å². The molecule has 30 heavy (non-hydrogen) atoms. The lowest BCUT2D eigenvalue weighted by molar-refractivity contribution is 0.580. The van der Waals surface area contributed by atoms with E-state index in [1.165, 1.54) is 0 Å². The number of rotatable bonds is 5. The number of nitrogens with zero attached hydrogens (tertiary/aromatic N) is 5. The van der Waals surface area contributed by atoms with Gasteiger partial charge in [0.15, 0.2) is 0 Å². The molecule has 0 aliphatic carbocycles. The van der Waals surface area contributed by atoms with Crippen molar-refractivity contribution in [2.24, 2.45) is 0 Å². The zero-order chi connectivity index (χ0) is 21.3. The highest BCUT2D eigenvalue weighted by molar-refractivity contribution is 5.68. The Kier molecular flexibility index (Phi) is 5.14. The van der Waals surface area contributed by atoms with Crippen LogP contribution in [0.15, 0.2) is 65.7 Å². The summed E-state index contributed by atoms with van der Waals surface area (Å²) in [4.78, 5) is 11.2. The third kappa shape index (κ3) is 3.72. The van der Waals surface area contributed by atoms with Crippen molar-refractivity contribution < 1.29 is 4.42 Å². The second-order valence-electron chi connectivity index (χ2n) is 7.34. The lowest BCUT2D eigenvalue weighted by atomic mass is 10.1. The van der Waals surface area contributed by atoms with Gasteiger partial charge >= 0.3 is 0 Å². The van der Waals surface area contributed by atoms with Crippen molar-refractivity contribution in [3.63, 3.8) is 0 Å². The minimum absolute atomic E-state index is 0.359. The van der Waals surface area contributed by atoms with Gasteiger partial charge in [0.1, 0.15) is 5.69 Å². The molecule has 150 valence electrons. The van der Waals surface area contributed by atoms with Crippen molar-refractivity contribution in [1.82, 2.24) is 25.1 Å². The quantitative estimate of drug-likeness (QED) is 0.472. The second-order valence-corrected chi connectivity index (χ2v) is 7.34. The van der Waals surface area contributed by atoms with Crippen LogP contribution in [0, 0.1) is 13.8 Å². The number of benzene rings is 2. The van der Waals surface area contributed by atoms with Crippen molar-refractivity contribution in [2.45, 2.75) is 13.8 Å². The van der Waals surface area contributed by atoms with E-state index in [4.69, 9.17) is 9.40 Å². The monoisotopic (exact) mass is 397 g/mol. The van der Waals surface area contributed by atoms with E-state index >= 15 is 0 Å². The maximum Gasteiger partial charge on any atom is 0.268 e. The number of aromatic nitrogens is 4. The van der Waals surface area contributed by atoms with Gasteiger partial charge < -0.3 is 9.32 Å². The zero-order valence-electron chi connectivity index (χ0n) is 17.5. The number of hydrogen-bond donors (Lipinski definition) is 0. The van der Waals surface area contributed by atoms with E-state index in [9.17, 15) is 0 Å². The van der Waals surface area contributed by atoms with Crippen LogP contribution in [0.4, 0.5) is 0 Å². The largest absolute Gasteiger partial charge is 0.415 e. The van der Waals surface area contributed by atoms with Crippen LogP contribution in [0.25, 0.3) is 40.0 Å². The van der Waals surface area contributed by atoms with Crippen molar-refractivity contribution in [3.05, 3.63) is 78.1 Å². The van der Waals surface area contributed by atoms with Gasteiger partial charge in [-0.05, 0) is 31.0 Å². The van der Waals surface area contributed by atoms with E-state index < -0.39 is 0 Å². The topological polar surface area (TPSA) is 67.9 Å². The molecule has 0 radical (unpaired) electrons. The first-order valence-corrected chi connectivity index (χ1v) is 9.64. The summed E-state index contributed by atoms with van der Waals surface area (Å²) in [5, 5.41) is 8.44. The molecular weight excluding hydrogens is 374 g/mol. The molecule has 0 unspecified atom stereocenters. The van der Waals surface area contributed by atoms with E-state index in [0.29, 0.717) is 17.5 Å². The minimum Gasteiger partial charge on any atom is -0.415 e. The molecule has 0 atom stereocenters. The lowest BCUT2D eigenvalue weighted by Crippen LogP contribution is -2.08. The molecule has 6 nitrogen and oxygen atoms in total. The van der Waals surface area contributed by atoms with Crippen LogP contribution in [0.5, 0.6) is 0 Å². The van der Waals surface area contributed by atoms with Crippen LogP contribution in [0.2, 0.25) is 0 Å². The Hall–Kier alpha value is -3.80. The van der Waals surface area contributed by atoms with Gasteiger partial charge in [-0.1, -0.05) is 49.0 Å². The average Bonchev–Trinajstić information content (AvgIpc) is 3.23. The van der Waals surface area contributed by atoms with Crippen LogP contribution in [0.3, 0.4) is 0 Å². The van der Waals surface area contributed by atoms with E-state index in [-0.39, 0.29) is 0 Å². The normalized spacial score (nSPS) is 10.8. The highest BCUT2D eigenvalue weighted by atomic mass is 16.4. The van der Waals surface area contributed by atoms with E-state index in [1.54, 1.807) is 6.20 Å². The van der Waals surface area contributed by atoms with Crippen molar-refractivity contribution in [1.29, 1.82) is 0 Å². The van der Waals surface area contributed by atoms with Gasteiger partial charge in [0.25, 0.3) is 5.89 Å². The maximum absolute atomic E-state index is 5.94. The molecule has 2 heterocycles. The molecule has 0 bridgehead atoms. The van der Waals surface area contributed by atoms with E-state index in [2.05, 4.69) is 21.8 Å². The average molecular weight is 397 g/mol. The summed E-state index contributed by atoms with van der Waals surface area (Å²) in [6, 6.07) is 16.0. The molecule has 0 aliphatic rings. The lowest BCUT2D eigenvalue weighted by Gasteiger charge is -2.16. The molecule has 0 aliphatic heterocycles. The van der Waals surface area contributed by atoms with Crippen LogP contribution in [-0.4, -0.2) is 39.2 Å². The molecule has 6 heteroatoms. The summed E-state index contributed by atoms with van der Waals surface area (Å²) in [5.74, 6) is 0.832.